The van der Waals surface area contributed by atoms with Gasteiger partial charge in [0.15, 0.2) is 0 Å². The molecule has 16 nitrogen and oxygen atoms in total. The second-order valence-electron chi connectivity index (χ2n) is 9.86. The summed E-state index contributed by atoms with van der Waals surface area (Å²) in [5, 5.41) is 24.1. The van der Waals surface area contributed by atoms with E-state index in [2.05, 4.69) is 20.0 Å². The minimum absolute atomic E-state index is 0. The number of benzene rings is 2. The lowest BCUT2D eigenvalue weighted by molar-refractivity contribution is -0.386. The predicted octanol–water partition coefficient (Wildman–Crippen LogP) is 2.31. The molecule has 0 spiro atoms. The largest absolute Gasteiger partial charge is 0.369 e. The average Bonchev–Trinajstić information content (AvgIpc) is 2.77. The molecule has 2 aromatic carbocycles. The van der Waals surface area contributed by atoms with Gasteiger partial charge in [-0.3, -0.25) is 30.0 Å². The molecule has 0 saturated carbocycles. The van der Waals surface area contributed by atoms with Crippen molar-refractivity contribution >= 4 is 71.4 Å². The van der Waals surface area contributed by atoms with Crippen LogP contribution in [0.3, 0.4) is 0 Å². The van der Waals surface area contributed by atoms with E-state index in [0.29, 0.717) is 11.4 Å². The molecular weight excluding hydrogens is 579 g/mol. The molecule has 2 aliphatic heterocycles. The molecule has 8 N–H and O–H groups in total. The molecule has 0 aliphatic carbocycles. The van der Waals surface area contributed by atoms with E-state index in [9.17, 15) is 20.2 Å². The molecule has 0 bridgehead atoms. The summed E-state index contributed by atoms with van der Waals surface area (Å²) in [7, 11) is 0. The van der Waals surface area contributed by atoms with Crippen LogP contribution in [0.2, 0.25) is 0 Å². The molecule has 41 heavy (non-hydrogen) atoms. The molecule has 0 aromatic heterocycles. The molecule has 18 heteroatoms. The first-order valence-corrected chi connectivity index (χ1v) is 11.6. The molecule has 0 saturated heterocycles. The fourth-order valence-corrected chi connectivity index (χ4v) is 4.73. The lowest BCUT2D eigenvalue weighted by Crippen LogP contribution is -2.54. The molecule has 0 atom stereocenters. The van der Waals surface area contributed by atoms with Crippen LogP contribution in [0.1, 0.15) is 38.8 Å². The zero-order valence-electron chi connectivity index (χ0n) is 22.5. The Bertz CT molecular complexity index is 1410. The zero-order valence-corrected chi connectivity index (χ0v) is 24.1. The number of hydrogen-bond acceptors (Lipinski definition) is 14. The fourth-order valence-electron chi connectivity index (χ4n) is 4.73. The highest BCUT2D eigenvalue weighted by Gasteiger charge is 2.36. The third kappa shape index (κ3) is 6.22. The number of nitrogens with zero attached hydrogens (tertiary/aromatic N) is 8. The first-order valence-electron chi connectivity index (χ1n) is 11.6. The van der Waals surface area contributed by atoms with Crippen LogP contribution >= 0.6 is 24.8 Å². The Morgan fingerprint density at radius 2 is 1.05 bits per heavy atom. The van der Waals surface area contributed by atoms with E-state index >= 15 is 0 Å². The van der Waals surface area contributed by atoms with Gasteiger partial charge in [0, 0.05) is 29.7 Å². The Labute approximate surface area is 247 Å². The maximum absolute atomic E-state index is 12.0. The van der Waals surface area contributed by atoms with Gasteiger partial charge < -0.3 is 22.9 Å². The summed E-state index contributed by atoms with van der Waals surface area (Å²) in [6.07, 6.45) is -0.0939. The summed E-state index contributed by atoms with van der Waals surface area (Å²) >= 11 is 0. The third-order valence-corrected chi connectivity index (χ3v) is 6.22. The van der Waals surface area contributed by atoms with Crippen molar-refractivity contribution in [3.63, 3.8) is 0 Å². The molecule has 4 rings (SSSR count). The van der Waals surface area contributed by atoms with Crippen LogP contribution in [0, 0.1) is 20.2 Å². The fraction of sp³-hybridized carbons (Fsp3) is 0.304. The van der Waals surface area contributed by atoms with E-state index in [1.807, 2.05) is 0 Å². The minimum Gasteiger partial charge on any atom is -0.369 e. The van der Waals surface area contributed by atoms with Gasteiger partial charge in [0.1, 0.15) is 11.3 Å². The average molecular weight is 609 g/mol. The monoisotopic (exact) mass is 608 g/mol. The summed E-state index contributed by atoms with van der Waals surface area (Å²) in [5.41, 5.74) is 22.4. The number of guanidine groups is 4. The van der Waals surface area contributed by atoms with Crippen LogP contribution in [0.4, 0.5) is 22.7 Å². The van der Waals surface area contributed by atoms with Gasteiger partial charge in [-0.2, -0.15) is 9.98 Å². The van der Waals surface area contributed by atoms with Gasteiger partial charge in [0.05, 0.1) is 21.2 Å². The molecule has 220 valence electrons. The number of anilines is 2. The van der Waals surface area contributed by atoms with E-state index in [1.54, 1.807) is 39.8 Å². The molecule has 0 radical (unpaired) electrons. The summed E-state index contributed by atoms with van der Waals surface area (Å²) in [6, 6.07) is 8.91. The van der Waals surface area contributed by atoms with Crippen LogP contribution in [0.15, 0.2) is 56.4 Å². The highest BCUT2D eigenvalue weighted by Crippen LogP contribution is 2.36. The van der Waals surface area contributed by atoms with E-state index in [0.717, 1.165) is 0 Å². The van der Waals surface area contributed by atoms with Gasteiger partial charge in [-0.1, -0.05) is 0 Å². The van der Waals surface area contributed by atoms with Gasteiger partial charge in [-0.05, 0) is 52.0 Å². The highest BCUT2D eigenvalue weighted by atomic mass is 35.5. The van der Waals surface area contributed by atoms with E-state index < -0.39 is 21.2 Å². The van der Waals surface area contributed by atoms with Crippen molar-refractivity contribution in [3.05, 3.63) is 67.8 Å². The highest BCUT2D eigenvalue weighted by molar-refractivity contribution is 6.06. The quantitative estimate of drug-likeness (QED) is 0.275. The summed E-state index contributed by atoms with van der Waals surface area (Å²) in [5.74, 6) is 0.0318. The van der Waals surface area contributed by atoms with Crippen LogP contribution < -0.4 is 32.7 Å². The van der Waals surface area contributed by atoms with E-state index in [1.165, 1.54) is 34.1 Å². The molecule has 2 aromatic rings. The normalized spacial score (nSPS) is 17.2. The van der Waals surface area contributed by atoms with Crippen LogP contribution in [-0.2, 0) is 6.42 Å². The zero-order chi connectivity index (χ0) is 28.9. The number of halogens is 2. The van der Waals surface area contributed by atoms with Crippen molar-refractivity contribution in [2.75, 3.05) is 9.80 Å². The van der Waals surface area contributed by atoms with Gasteiger partial charge >= 0.3 is 0 Å². The van der Waals surface area contributed by atoms with Gasteiger partial charge in [0.2, 0.25) is 23.8 Å². The standard InChI is InChI=1S/C23H28N12O4.2ClH/c1-22(2)30-18(24)28-20(26)32(22)14-7-5-12(16(10-14)34(36)37)9-13-6-8-15(11-17(13)35(38)39)33-21(27)29-19(25)31-23(33,3)4;;/h5-8,10-11H,9H2,1-4H3,(H4,24,26,28,30)(H4,25,27,29,31);2*1H. The summed E-state index contributed by atoms with van der Waals surface area (Å²) in [6.45, 7) is 6.92. The lowest BCUT2D eigenvalue weighted by atomic mass is 9.99. The van der Waals surface area contributed by atoms with Gasteiger partial charge in [0.25, 0.3) is 11.4 Å². The smallest absolute Gasteiger partial charge is 0.275 e. The van der Waals surface area contributed by atoms with Crippen LogP contribution in [0.25, 0.3) is 0 Å². The minimum atomic E-state index is -0.956. The number of nitro benzene ring substituents is 2. The topological polar surface area (TPSA) is 246 Å². The Morgan fingerprint density at radius 1 is 0.707 bits per heavy atom. The van der Waals surface area contributed by atoms with Crippen molar-refractivity contribution in [1.82, 2.24) is 0 Å². The lowest BCUT2D eigenvalue weighted by Gasteiger charge is -2.38. The van der Waals surface area contributed by atoms with Crippen molar-refractivity contribution in [2.24, 2.45) is 42.9 Å². The van der Waals surface area contributed by atoms with Gasteiger partial charge in [-0.15, -0.1) is 24.8 Å². The Kier molecular flexibility index (Phi) is 9.06. The number of nitro groups is 2. The Balaban J connectivity index is 0.00000294. The number of rotatable bonds is 6. The number of hydrogen-bond donors (Lipinski definition) is 4. The molecular formula is C23H30Cl2N12O4. The summed E-state index contributed by atoms with van der Waals surface area (Å²) < 4.78 is 0. The third-order valence-electron chi connectivity index (χ3n) is 6.22. The molecule has 0 amide bonds. The van der Waals surface area contributed by atoms with Gasteiger partial charge in [-0.25, -0.2) is 9.98 Å². The SMILES string of the molecule is CC1(C)N=C(N)N=C(N)N1c1ccc(Cc2ccc(N3C(N)=NC(N)=NC3(C)C)cc2[N+](=O)[O-])c([N+](=O)[O-])c1.Cl.Cl. The Morgan fingerprint density at radius 3 is 1.34 bits per heavy atom. The molecule has 2 heterocycles. The summed E-state index contributed by atoms with van der Waals surface area (Å²) in [4.78, 5) is 42.4. The number of nitrogens with two attached hydrogens (primary N) is 4. The van der Waals surface area contributed by atoms with Crippen molar-refractivity contribution in [3.8, 4) is 0 Å². The maximum atomic E-state index is 12.0. The van der Waals surface area contributed by atoms with Crippen molar-refractivity contribution < 1.29 is 9.85 Å². The molecule has 0 fully saturated rings. The maximum Gasteiger partial charge on any atom is 0.275 e. The second kappa shape index (κ2) is 11.4. The Hall–Kier alpha value is -4.70. The van der Waals surface area contributed by atoms with Crippen molar-refractivity contribution in [1.29, 1.82) is 0 Å². The second-order valence-corrected chi connectivity index (χ2v) is 9.86. The first-order chi connectivity index (χ1) is 18.1. The van der Waals surface area contributed by atoms with E-state index in [-0.39, 0.29) is 77.6 Å². The van der Waals surface area contributed by atoms with E-state index in [4.69, 9.17) is 22.9 Å². The van der Waals surface area contributed by atoms with Crippen molar-refractivity contribution in [2.45, 2.75) is 45.4 Å². The predicted molar refractivity (Wildman–Crippen MR) is 163 cm³/mol. The number of aliphatic imine (C=N–C) groups is 4. The molecule has 2 aliphatic rings. The van der Waals surface area contributed by atoms with Crippen LogP contribution in [0.5, 0.6) is 0 Å². The van der Waals surface area contributed by atoms with Crippen LogP contribution in [-0.4, -0.2) is 45.0 Å². The first kappa shape index (κ1) is 32.5. The molecule has 0 unspecified atom stereocenters.